The molecule has 4 nitrogen and oxygen atoms in total. The van der Waals surface area contributed by atoms with Gasteiger partial charge in [0.1, 0.15) is 0 Å². The van der Waals surface area contributed by atoms with Crippen LogP contribution in [0.3, 0.4) is 0 Å². The zero-order chi connectivity index (χ0) is 19.1. The summed E-state index contributed by atoms with van der Waals surface area (Å²) in [6.45, 7) is 8.10. The normalized spacial score (nSPS) is 16.1. The van der Waals surface area contributed by atoms with Crippen molar-refractivity contribution in [2.75, 3.05) is 31.1 Å². The minimum Gasteiger partial charge on any atom is -0.369 e. The van der Waals surface area contributed by atoms with Crippen LogP contribution >= 0.6 is 23.2 Å². The molecule has 0 unspecified atom stereocenters. The molecule has 0 aliphatic carbocycles. The molecular formula is C19H22Cl2N2O2S. The molecule has 7 heteroatoms. The monoisotopic (exact) mass is 412 g/mol. The topological polar surface area (TPSA) is 40.6 Å². The van der Waals surface area contributed by atoms with Gasteiger partial charge in [-0.05, 0) is 61.7 Å². The summed E-state index contributed by atoms with van der Waals surface area (Å²) in [5.41, 5.74) is 4.24. The van der Waals surface area contributed by atoms with Crippen LogP contribution in [0.4, 0.5) is 5.69 Å². The summed E-state index contributed by atoms with van der Waals surface area (Å²) in [6.07, 6.45) is 0. The van der Waals surface area contributed by atoms with E-state index >= 15 is 0 Å². The molecule has 0 amide bonds. The predicted octanol–water partition coefficient (Wildman–Crippen LogP) is 4.43. The summed E-state index contributed by atoms with van der Waals surface area (Å²) in [5.74, 6) is 0. The van der Waals surface area contributed by atoms with Gasteiger partial charge >= 0.3 is 0 Å². The molecule has 26 heavy (non-hydrogen) atoms. The number of anilines is 1. The minimum atomic E-state index is -3.59. The quantitative estimate of drug-likeness (QED) is 0.748. The standard InChI is InChI=1S/C19H22Cl2N2O2S/c1-13-4-5-16(10-14(13)2)22-6-8-23(9-7-22)26(24,25)19-12-18(21)17(20)11-15(19)3/h4-5,10-12H,6-9H2,1-3H3. The maximum Gasteiger partial charge on any atom is 0.243 e. The van der Waals surface area contributed by atoms with Crippen molar-refractivity contribution in [1.29, 1.82) is 0 Å². The molecule has 2 aromatic carbocycles. The summed E-state index contributed by atoms with van der Waals surface area (Å²) < 4.78 is 27.6. The zero-order valence-electron chi connectivity index (χ0n) is 15.1. The summed E-state index contributed by atoms with van der Waals surface area (Å²) >= 11 is 12.0. The van der Waals surface area contributed by atoms with Crippen LogP contribution in [0.1, 0.15) is 16.7 Å². The van der Waals surface area contributed by atoms with Gasteiger partial charge in [-0.15, -0.1) is 0 Å². The van der Waals surface area contributed by atoms with Gasteiger partial charge in [0.15, 0.2) is 0 Å². The maximum atomic E-state index is 13.0. The Morgan fingerprint density at radius 2 is 1.42 bits per heavy atom. The van der Waals surface area contributed by atoms with Crippen molar-refractivity contribution in [3.63, 3.8) is 0 Å². The average Bonchev–Trinajstić information content (AvgIpc) is 2.60. The molecule has 1 fully saturated rings. The summed E-state index contributed by atoms with van der Waals surface area (Å²) in [5, 5.41) is 0.618. The summed E-state index contributed by atoms with van der Waals surface area (Å²) in [6, 6.07) is 9.40. The molecule has 1 heterocycles. The van der Waals surface area contributed by atoms with Gasteiger partial charge < -0.3 is 4.90 Å². The van der Waals surface area contributed by atoms with Gasteiger partial charge in [-0.25, -0.2) is 8.42 Å². The third kappa shape index (κ3) is 3.72. The van der Waals surface area contributed by atoms with Gasteiger partial charge in [-0.3, -0.25) is 0 Å². The Hall–Kier alpha value is -1.27. The van der Waals surface area contributed by atoms with Crippen LogP contribution < -0.4 is 4.90 Å². The Bertz CT molecular complexity index is 937. The fourth-order valence-corrected chi connectivity index (χ4v) is 5.26. The van der Waals surface area contributed by atoms with Crippen LogP contribution in [0.5, 0.6) is 0 Å². The number of rotatable bonds is 3. The minimum absolute atomic E-state index is 0.228. The molecule has 0 atom stereocenters. The fourth-order valence-electron chi connectivity index (χ4n) is 3.15. The number of hydrogen-bond donors (Lipinski definition) is 0. The Balaban J connectivity index is 1.78. The highest BCUT2D eigenvalue weighted by Crippen LogP contribution is 2.30. The molecule has 0 bridgehead atoms. The molecule has 3 rings (SSSR count). The van der Waals surface area contributed by atoms with Crippen LogP contribution in [0.2, 0.25) is 10.0 Å². The third-order valence-corrected chi connectivity index (χ3v) is 7.69. The smallest absolute Gasteiger partial charge is 0.243 e. The van der Waals surface area contributed by atoms with Crippen LogP contribution in [0.15, 0.2) is 35.2 Å². The highest BCUT2D eigenvalue weighted by molar-refractivity contribution is 7.89. The molecule has 0 spiro atoms. The molecule has 1 saturated heterocycles. The van der Waals surface area contributed by atoms with Crippen LogP contribution in [0.25, 0.3) is 0 Å². The zero-order valence-corrected chi connectivity index (χ0v) is 17.4. The van der Waals surface area contributed by atoms with E-state index in [1.54, 1.807) is 13.0 Å². The van der Waals surface area contributed by atoms with Crippen molar-refractivity contribution in [3.05, 3.63) is 57.1 Å². The van der Waals surface area contributed by atoms with Gasteiger partial charge in [0.25, 0.3) is 0 Å². The lowest BCUT2D eigenvalue weighted by atomic mass is 10.1. The van der Waals surface area contributed by atoms with E-state index in [2.05, 4.69) is 36.9 Å². The molecule has 1 aliphatic heterocycles. The van der Waals surface area contributed by atoms with Crippen molar-refractivity contribution in [2.24, 2.45) is 0 Å². The number of benzene rings is 2. The highest BCUT2D eigenvalue weighted by Gasteiger charge is 2.30. The van der Waals surface area contributed by atoms with Crippen molar-refractivity contribution in [2.45, 2.75) is 25.7 Å². The molecule has 0 N–H and O–H groups in total. The Kier molecular flexibility index (Phi) is 5.54. The first-order valence-corrected chi connectivity index (χ1v) is 10.7. The number of sulfonamides is 1. The lowest BCUT2D eigenvalue weighted by Crippen LogP contribution is -2.48. The number of piperazine rings is 1. The second-order valence-corrected chi connectivity index (χ2v) is 9.41. The third-order valence-electron chi connectivity index (χ3n) is 4.93. The maximum absolute atomic E-state index is 13.0. The van der Waals surface area contributed by atoms with Gasteiger partial charge in [0.05, 0.1) is 14.9 Å². The number of halogens is 2. The number of nitrogens with zero attached hydrogens (tertiary/aromatic N) is 2. The molecule has 2 aromatic rings. The summed E-state index contributed by atoms with van der Waals surface area (Å²) in [4.78, 5) is 2.45. The van der Waals surface area contributed by atoms with Crippen LogP contribution in [0, 0.1) is 20.8 Å². The summed E-state index contributed by atoms with van der Waals surface area (Å²) in [7, 11) is -3.59. The lowest BCUT2D eigenvalue weighted by molar-refractivity contribution is 0.384. The Morgan fingerprint density at radius 3 is 2.04 bits per heavy atom. The number of aryl methyl sites for hydroxylation is 3. The molecular weight excluding hydrogens is 391 g/mol. The van der Waals surface area contributed by atoms with E-state index in [1.165, 1.54) is 21.5 Å². The highest BCUT2D eigenvalue weighted by atomic mass is 35.5. The SMILES string of the molecule is Cc1ccc(N2CCN(S(=O)(=O)c3cc(Cl)c(Cl)cc3C)CC2)cc1C. The molecule has 0 radical (unpaired) electrons. The van der Waals surface area contributed by atoms with Crippen molar-refractivity contribution >= 4 is 38.9 Å². The second-order valence-electron chi connectivity index (χ2n) is 6.69. The first kappa shape index (κ1) is 19.5. The van der Waals surface area contributed by atoms with E-state index in [1.807, 2.05) is 0 Å². The fraction of sp³-hybridized carbons (Fsp3) is 0.368. The van der Waals surface area contributed by atoms with Crippen LogP contribution in [-0.2, 0) is 10.0 Å². The van der Waals surface area contributed by atoms with Gasteiger partial charge in [0.2, 0.25) is 10.0 Å². The molecule has 0 saturated carbocycles. The Morgan fingerprint density at radius 1 is 0.808 bits per heavy atom. The van der Waals surface area contributed by atoms with E-state index in [0.717, 1.165) is 5.69 Å². The molecule has 1 aliphatic rings. The van der Waals surface area contributed by atoms with E-state index in [9.17, 15) is 8.42 Å². The number of hydrogen-bond acceptors (Lipinski definition) is 3. The first-order valence-electron chi connectivity index (χ1n) is 8.48. The lowest BCUT2D eigenvalue weighted by Gasteiger charge is -2.35. The molecule has 140 valence electrons. The van der Waals surface area contributed by atoms with E-state index in [-0.39, 0.29) is 9.92 Å². The largest absolute Gasteiger partial charge is 0.369 e. The van der Waals surface area contributed by atoms with Crippen molar-refractivity contribution < 1.29 is 8.42 Å². The van der Waals surface area contributed by atoms with Gasteiger partial charge in [-0.2, -0.15) is 4.31 Å². The Labute approximate surface area is 165 Å². The molecule has 0 aromatic heterocycles. The second kappa shape index (κ2) is 7.39. The van der Waals surface area contributed by atoms with Gasteiger partial charge in [-0.1, -0.05) is 29.3 Å². The van der Waals surface area contributed by atoms with E-state index in [0.29, 0.717) is 36.8 Å². The average molecular weight is 413 g/mol. The van der Waals surface area contributed by atoms with E-state index < -0.39 is 10.0 Å². The van der Waals surface area contributed by atoms with Crippen molar-refractivity contribution in [1.82, 2.24) is 4.31 Å². The predicted molar refractivity (Wildman–Crippen MR) is 108 cm³/mol. The van der Waals surface area contributed by atoms with Crippen LogP contribution in [-0.4, -0.2) is 38.9 Å². The van der Waals surface area contributed by atoms with Crippen molar-refractivity contribution in [3.8, 4) is 0 Å². The van der Waals surface area contributed by atoms with Gasteiger partial charge in [0, 0.05) is 31.9 Å². The first-order chi connectivity index (χ1) is 12.2. The van der Waals surface area contributed by atoms with E-state index in [4.69, 9.17) is 23.2 Å².